The molecule has 0 bridgehead atoms. The summed E-state index contributed by atoms with van der Waals surface area (Å²) in [6.45, 7) is 2.76. The van der Waals surface area contributed by atoms with Crippen LogP contribution in [-0.2, 0) is 16.0 Å². The van der Waals surface area contributed by atoms with Crippen LogP contribution in [0.2, 0.25) is 0 Å². The molecule has 1 aliphatic heterocycles. The number of benzene rings is 1. The summed E-state index contributed by atoms with van der Waals surface area (Å²) in [7, 11) is 0. The number of carbonyl (C=O) groups excluding carboxylic acids is 2. The summed E-state index contributed by atoms with van der Waals surface area (Å²) in [6, 6.07) is 6.66. The van der Waals surface area contributed by atoms with Crippen LogP contribution in [0.3, 0.4) is 0 Å². The zero-order valence-corrected chi connectivity index (χ0v) is 15.2. The highest BCUT2D eigenvalue weighted by Gasteiger charge is 2.22. The van der Waals surface area contributed by atoms with Crippen molar-refractivity contribution < 1.29 is 14.0 Å². The standard InChI is InChI=1S/C19H24FN5O2/c20-16-3-1-2-4-17(16)24-9-11-25(12-10-24)19(27)6-5-18(26)22-8-7-15-13-21-14-23-15/h1-4,13-14H,5-12H2,(H,21,23)(H,22,26). The monoisotopic (exact) mass is 373 g/mol. The lowest BCUT2D eigenvalue weighted by Crippen LogP contribution is -2.49. The maximum Gasteiger partial charge on any atom is 0.223 e. The number of halogens is 1. The minimum absolute atomic E-state index is 0.0353. The van der Waals surface area contributed by atoms with E-state index in [9.17, 15) is 14.0 Å². The van der Waals surface area contributed by atoms with Gasteiger partial charge in [-0.05, 0) is 12.1 Å². The predicted octanol–water partition coefficient (Wildman–Crippen LogP) is 1.34. The summed E-state index contributed by atoms with van der Waals surface area (Å²) in [5, 5.41) is 2.81. The van der Waals surface area contributed by atoms with Crippen LogP contribution in [0.4, 0.5) is 10.1 Å². The fourth-order valence-corrected chi connectivity index (χ4v) is 3.13. The Labute approximate surface area is 157 Å². The number of hydrogen-bond acceptors (Lipinski definition) is 4. The Kier molecular flexibility index (Phi) is 6.40. The number of anilines is 1. The van der Waals surface area contributed by atoms with Gasteiger partial charge in [-0.15, -0.1) is 0 Å². The third kappa shape index (κ3) is 5.29. The molecule has 0 atom stereocenters. The largest absolute Gasteiger partial charge is 0.366 e. The first kappa shape index (κ1) is 18.9. The van der Waals surface area contributed by atoms with Crippen molar-refractivity contribution in [2.45, 2.75) is 19.3 Å². The molecule has 1 fully saturated rings. The van der Waals surface area contributed by atoms with Crippen molar-refractivity contribution in [3.8, 4) is 0 Å². The Morgan fingerprint density at radius 1 is 1.15 bits per heavy atom. The molecule has 1 aliphatic rings. The van der Waals surface area contributed by atoms with Gasteiger partial charge in [0.1, 0.15) is 5.82 Å². The Balaban J connectivity index is 1.35. The number of rotatable bonds is 7. The van der Waals surface area contributed by atoms with E-state index in [0.717, 1.165) is 5.69 Å². The summed E-state index contributed by atoms with van der Waals surface area (Å²) < 4.78 is 13.9. The van der Waals surface area contributed by atoms with E-state index in [1.54, 1.807) is 35.6 Å². The lowest BCUT2D eigenvalue weighted by Gasteiger charge is -2.36. The quantitative estimate of drug-likeness (QED) is 0.767. The SMILES string of the molecule is O=C(CCC(=O)N1CCN(c2ccccc2F)CC1)NCCc1cnc[nH]1. The number of aromatic nitrogens is 2. The van der Waals surface area contributed by atoms with Crippen LogP contribution in [0.1, 0.15) is 18.5 Å². The van der Waals surface area contributed by atoms with Crippen molar-refractivity contribution in [1.29, 1.82) is 0 Å². The average molecular weight is 373 g/mol. The lowest BCUT2D eigenvalue weighted by atomic mass is 10.2. The second-order valence-corrected chi connectivity index (χ2v) is 6.50. The van der Waals surface area contributed by atoms with Crippen LogP contribution in [0.15, 0.2) is 36.8 Å². The van der Waals surface area contributed by atoms with Gasteiger partial charge in [-0.25, -0.2) is 9.37 Å². The average Bonchev–Trinajstić information content (AvgIpc) is 3.20. The molecule has 0 unspecified atom stereocenters. The highest BCUT2D eigenvalue weighted by molar-refractivity contribution is 5.83. The van der Waals surface area contributed by atoms with E-state index in [-0.39, 0.29) is 30.5 Å². The summed E-state index contributed by atoms with van der Waals surface area (Å²) >= 11 is 0. The summed E-state index contributed by atoms with van der Waals surface area (Å²) in [6.07, 6.45) is 4.36. The maximum atomic E-state index is 13.9. The molecule has 2 heterocycles. The van der Waals surface area contributed by atoms with Gasteiger partial charge in [0.2, 0.25) is 11.8 Å². The van der Waals surface area contributed by atoms with Crippen molar-refractivity contribution in [1.82, 2.24) is 20.2 Å². The fraction of sp³-hybridized carbons (Fsp3) is 0.421. The van der Waals surface area contributed by atoms with Gasteiger partial charge in [-0.3, -0.25) is 9.59 Å². The van der Waals surface area contributed by atoms with Crippen molar-refractivity contribution in [3.63, 3.8) is 0 Å². The maximum absolute atomic E-state index is 13.9. The molecule has 0 aliphatic carbocycles. The number of imidazole rings is 1. The Morgan fingerprint density at radius 3 is 2.63 bits per heavy atom. The number of piperazine rings is 1. The third-order valence-corrected chi connectivity index (χ3v) is 4.66. The van der Waals surface area contributed by atoms with Gasteiger partial charge < -0.3 is 20.1 Å². The molecule has 0 radical (unpaired) electrons. The first-order valence-corrected chi connectivity index (χ1v) is 9.14. The molecule has 1 aromatic carbocycles. The number of nitrogens with one attached hydrogen (secondary N) is 2. The summed E-state index contributed by atoms with van der Waals surface area (Å²) in [5.74, 6) is -0.413. The van der Waals surface area contributed by atoms with Gasteiger partial charge in [0, 0.05) is 63.9 Å². The zero-order valence-electron chi connectivity index (χ0n) is 15.2. The van der Waals surface area contributed by atoms with Crippen molar-refractivity contribution in [3.05, 3.63) is 48.3 Å². The number of nitrogens with zero attached hydrogens (tertiary/aromatic N) is 3. The summed E-state index contributed by atoms with van der Waals surface area (Å²) in [4.78, 5) is 34.8. The second kappa shape index (κ2) is 9.16. The summed E-state index contributed by atoms with van der Waals surface area (Å²) in [5.41, 5.74) is 1.53. The fourth-order valence-electron chi connectivity index (χ4n) is 3.13. The number of hydrogen-bond donors (Lipinski definition) is 2. The number of H-pyrrole nitrogens is 1. The molecular weight excluding hydrogens is 349 g/mol. The molecule has 0 spiro atoms. The molecule has 7 nitrogen and oxygen atoms in total. The van der Waals surface area contributed by atoms with E-state index < -0.39 is 0 Å². The molecule has 1 saturated heterocycles. The number of para-hydroxylation sites is 1. The van der Waals surface area contributed by atoms with E-state index >= 15 is 0 Å². The topological polar surface area (TPSA) is 81.3 Å². The van der Waals surface area contributed by atoms with Crippen molar-refractivity contribution in [2.75, 3.05) is 37.6 Å². The molecular formula is C19H24FN5O2. The van der Waals surface area contributed by atoms with E-state index in [1.165, 1.54) is 6.07 Å². The molecule has 2 aromatic rings. The van der Waals surface area contributed by atoms with Crippen molar-refractivity contribution in [2.24, 2.45) is 0 Å². The third-order valence-electron chi connectivity index (χ3n) is 4.66. The van der Waals surface area contributed by atoms with Gasteiger partial charge >= 0.3 is 0 Å². The normalized spacial score (nSPS) is 14.3. The zero-order chi connectivity index (χ0) is 19.1. The number of amides is 2. The van der Waals surface area contributed by atoms with Crippen molar-refractivity contribution >= 4 is 17.5 Å². The van der Waals surface area contributed by atoms with Gasteiger partial charge in [-0.2, -0.15) is 0 Å². The molecule has 144 valence electrons. The van der Waals surface area contributed by atoms with E-state index in [2.05, 4.69) is 15.3 Å². The Hall–Kier alpha value is -2.90. The van der Waals surface area contributed by atoms with Crippen LogP contribution in [0, 0.1) is 5.82 Å². The minimum Gasteiger partial charge on any atom is -0.366 e. The molecule has 2 amide bonds. The first-order chi connectivity index (χ1) is 13.1. The van der Waals surface area contributed by atoms with Crippen LogP contribution in [0.5, 0.6) is 0 Å². The van der Waals surface area contributed by atoms with E-state index in [0.29, 0.717) is 44.8 Å². The number of carbonyl (C=O) groups is 2. The van der Waals surface area contributed by atoms with Crippen LogP contribution < -0.4 is 10.2 Å². The molecule has 27 heavy (non-hydrogen) atoms. The highest BCUT2D eigenvalue weighted by atomic mass is 19.1. The van der Waals surface area contributed by atoms with Crippen LogP contribution in [0.25, 0.3) is 0 Å². The minimum atomic E-state index is -0.246. The number of aromatic amines is 1. The van der Waals surface area contributed by atoms with Gasteiger partial charge in [-0.1, -0.05) is 12.1 Å². The highest BCUT2D eigenvalue weighted by Crippen LogP contribution is 2.20. The lowest BCUT2D eigenvalue weighted by molar-refractivity contribution is -0.133. The van der Waals surface area contributed by atoms with Gasteiger partial charge in [0.25, 0.3) is 0 Å². The van der Waals surface area contributed by atoms with E-state index in [1.807, 2.05) is 4.90 Å². The molecule has 1 aromatic heterocycles. The Bertz CT molecular complexity index is 757. The molecule has 8 heteroatoms. The van der Waals surface area contributed by atoms with Gasteiger partial charge in [0.05, 0.1) is 12.0 Å². The molecule has 2 N–H and O–H groups in total. The second-order valence-electron chi connectivity index (χ2n) is 6.50. The van der Waals surface area contributed by atoms with E-state index in [4.69, 9.17) is 0 Å². The van der Waals surface area contributed by atoms with Crippen LogP contribution >= 0.6 is 0 Å². The molecule has 0 saturated carbocycles. The first-order valence-electron chi connectivity index (χ1n) is 9.14. The molecule has 3 rings (SSSR count). The van der Waals surface area contributed by atoms with Crippen LogP contribution in [-0.4, -0.2) is 59.4 Å². The van der Waals surface area contributed by atoms with Gasteiger partial charge in [0.15, 0.2) is 0 Å². The Morgan fingerprint density at radius 2 is 1.93 bits per heavy atom. The smallest absolute Gasteiger partial charge is 0.223 e. The predicted molar refractivity (Wildman–Crippen MR) is 99.7 cm³/mol.